The molecule has 0 amide bonds. The van der Waals surface area contributed by atoms with Gasteiger partial charge in [0.25, 0.3) is 0 Å². The van der Waals surface area contributed by atoms with Crippen LogP contribution in [-0.4, -0.2) is 22.1 Å². The van der Waals surface area contributed by atoms with Crippen LogP contribution in [0.25, 0.3) is 0 Å². The van der Waals surface area contributed by atoms with Crippen molar-refractivity contribution in [1.29, 1.82) is 0 Å². The molecule has 1 nitrogen and oxygen atoms in total. The van der Waals surface area contributed by atoms with E-state index in [1.807, 2.05) is 0 Å². The van der Waals surface area contributed by atoms with E-state index in [9.17, 15) is 13.2 Å². The number of aliphatic hydroxyl groups is 1. The van der Waals surface area contributed by atoms with Crippen LogP contribution in [0.2, 0.25) is 0 Å². The molecule has 1 N–H and O–H groups in total. The van der Waals surface area contributed by atoms with Gasteiger partial charge in [0, 0.05) is 40.3 Å². The summed E-state index contributed by atoms with van der Waals surface area (Å²) in [6.07, 6.45) is -0.348. The molecular weight excluding hydrogens is 389 g/mol. The number of halogens is 3. The topological polar surface area (TPSA) is 20.2 Å². The molecule has 0 heterocycles. The molecular formula is C11H14F3OW-. The second kappa shape index (κ2) is 3.26. The summed E-state index contributed by atoms with van der Waals surface area (Å²) in [5.74, 6) is 0. The van der Waals surface area contributed by atoms with Crippen molar-refractivity contribution in [3.05, 3.63) is 6.61 Å². The third-order valence-electron chi connectivity index (χ3n) is 4.18. The monoisotopic (exact) mass is 403 g/mol. The quantitative estimate of drug-likeness (QED) is 0.668. The van der Waals surface area contributed by atoms with E-state index in [0.29, 0.717) is 0 Å². The molecule has 0 aromatic rings. The smallest absolute Gasteiger partial charge is 0.115 e. The van der Waals surface area contributed by atoms with Crippen LogP contribution in [-0.2, 0) is 21.1 Å². The van der Waals surface area contributed by atoms with Crippen LogP contribution >= 0.6 is 0 Å². The largest absolute Gasteiger partial charge is 0.565 e. The molecule has 4 aliphatic carbocycles. The van der Waals surface area contributed by atoms with Crippen LogP contribution in [0.4, 0.5) is 13.2 Å². The van der Waals surface area contributed by atoms with Gasteiger partial charge in [-0.2, -0.15) is 0 Å². The second-order valence-electron chi connectivity index (χ2n) is 6.00. The van der Waals surface area contributed by atoms with Gasteiger partial charge in [-0.05, 0) is 19.3 Å². The predicted molar refractivity (Wildman–Crippen MR) is 47.9 cm³/mol. The molecule has 92 valence electrons. The van der Waals surface area contributed by atoms with Crippen LogP contribution in [0.3, 0.4) is 0 Å². The van der Waals surface area contributed by atoms with Gasteiger partial charge in [-0.1, -0.05) is 0 Å². The summed E-state index contributed by atoms with van der Waals surface area (Å²) < 4.78 is 42.6. The summed E-state index contributed by atoms with van der Waals surface area (Å²) in [6, 6.07) is 0. The summed E-state index contributed by atoms with van der Waals surface area (Å²) in [5.41, 5.74) is -6.22. The van der Waals surface area contributed by atoms with E-state index >= 15 is 0 Å². The second-order valence-corrected chi connectivity index (χ2v) is 6.00. The number of rotatable bonds is 1. The number of hydrogen-bond acceptors (Lipinski definition) is 1. The third kappa shape index (κ3) is 1.68. The fourth-order valence-corrected chi connectivity index (χ4v) is 4.48. The number of hydrogen-bond donors (Lipinski definition) is 1. The van der Waals surface area contributed by atoms with Crippen molar-refractivity contribution < 1.29 is 39.3 Å². The Morgan fingerprint density at radius 3 is 1.31 bits per heavy atom. The molecule has 0 radical (unpaired) electrons. The third-order valence-corrected chi connectivity index (χ3v) is 4.18. The molecule has 16 heavy (non-hydrogen) atoms. The van der Waals surface area contributed by atoms with Crippen LogP contribution < -0.4 is 0 Å². The molecule has 0 saturated heterocycles. The van der Waals surface area contributed by atoms with E-state index in [2.05, 4.69) is 0 Å². The molecule has 0 unspecified atom stereocenters. The van der Waals surface area contributed by atoms with Gasteiger partial charge in [0.05, 0.1) is 0 Å². The van der Waals surface area contributed by atoms with Crippen LogP contribution in [0, 0.1) is 12.0 Å². The summed E-state index contributed by atoms with van der Waals surface area (Å²) in [6.45, 7) is 0.835. The van der Waals surface area contributed by atoms with Gasteiger partial charge in [0.2, 0.25) is 0 Å². The van der Waals surface area contributed by atoms with Gasteiger partial charge in [0.15, 0.2) is 0 Å². The molecule has 0 aliphatic heterocycles. The van der Waals surface area contributed by atoms with Crippen molar-refractivity contribution in [1.82, 2.24) is 0 Å². The van der Waals surface area contributed by atoms with Crippen LogP contribution in [0.1, 0.15) is 38.5 Å². The van der Waals surface area contributed by atoms with Crippen molar-refractivity contribution >= 4 is 0 Å². The van der Waals surface area contributed by atoms with E-state index in [1.54, 1.807) is 0 Å². The maximum absolute atomic E-state index is 14.2. The van der Waals surface area contributed by atoms with Gasteiger partial charge in [-0.3, -0.25) is 0 Å². The van der Waals surface area contributed by atoms with E-state index < -0.39 is 22.4 Å². The molecule has 0 spiro atoms. The Bertz CT molecular complexity index is 269. The van der Waals surface area contributed by atoms with Gasteiger partial charge < -0.3 is 5.11 Å². The number of aliphatic hydroxyl groups excluding tert-OH is 1. The fraction of sp³-hybridized carbons (Fsp3) is 0.909. The average Bonchev–Trinajstić information content (AvgIpc) is 1.94. The van der Waals surface area contributed by atoms with Gasteiger partial charge in [-0.15, -0.1) is 5.41 Å². The van der Waals surface area contributed by atoms with E-state index in [4.69, 9.17) is 5.11 Å². The van der Waals surface area contributed by atoms with Crippen LogP contribution in [0.5, 0.6) is 0 Å². The Labute approximate surface area is 107 Å². The Morgan fingerprint density at radius 1 is 0.750 bits per heavy atom. The Morgan fingerprint density at radius 2 is 1.06 bits per heavy atom. The van der Waals surface area contributed by atoms with Gasteiger partial charge in [-0.25, -0.2) is 19.8 Å². The molecule has 4 aliphatic rings. The first-order valence-corrected chi connectivity index (χ1v) is 5.36. The summed E-state index contributed by atoms with van der Waals surface area (Å²) in [5, 5.41) is 9.15. The zero-order valence-corrected chi connectivity index (χ0v) is 11.7. The zero-order chi connectivity index (χ0) is 10.9. The Hall–Kier alpha value is 0.438. The average molecular weight is 403 g/mol. The fourth-order valence-electron chi connectivity index (χ4n) is 4.48. The molecule has 5 heteroatoms. The van der Waals surface area contributed by atoms with E-state index in [0.717, 1.165) is 6.61 Å². The molecule has 0 aromatic heterocycles. The minimum Gasteiger partial charge on any atom is -0.565 e. The first-order valence-electron chi connectivity index (χ1n) is 5.36. The minimum atomic E-state index is -1.75. The van der Waals surface area contributed by atoms with Gasteiger partial charge >= 0.3 is 0 Å². The van der Waals surface area contributed by atoms with Crippen molar-refractivity contribution in [3.8, 4) is 0 Å². The van der Waals surface area contributed by atoms with Crippen molar-refractivity contribution in [2.75, 3.05) is 0 Å². The first-order chi connectivity index (χ1) is 6.80. The van der Waals surface area contributed by atoms with E-state index in [-0.39, 0.29) is 59.6 Å². The van der Waals surface area contributed by atoms with Gasteiger partial charge in [0.1, 0.15) is 17.0 Å². The Kier molecular flexibility index (Phi) is 2.62. The zero-order valence-electron chi connectivity index (χ0n) is 8.81. The van der Waals surface area contributed by atoms with Crippen molar-refractivity contribution in [2.45, 2.75) is 55.5 Å². The predicted octanol–water partition coefficient (Wildman–Crippen LogP) is 3.01. The number of alkyl halides is 3. The minimum absolute atomic E-state index is 0. The van der Waals surface area contributed by atoms with Crippen molar-refractivity contribution in [2.24, 2.45) is 5.41 Å². The molecule has 4 fully saturated rings. The molecule has 0 aromatic carbocycles. The standard InChI is InChI=1S/C11H14F3O.W/c12-9-1-8(7-15)2-10(13,4-9)6-11(14,3-8)5-9;/h7,15H,1-6H2;/q-1;. The Balaban J connectivity index is 0.000000963. The maximum atomic E-state index is 14.2. The SMILES string of the molecule is O[CH-]C12CC3(F)CC(F)(CC(F)(C3)C1)C2.[W]. The molecule has 4 rings (SSSR count). The van der Waals surface area contributed by atoms with E-state index in [1.165, 1.54) is 0 Å². The molecule has 4 bridgehead atoms. The van der Waals surface area contributed by atoms with Crippen LogP contribution in [0.15, 0.2) is 0 Å². The van der Waals surface area contributed by atoms with Crippen molar-refractivity contribution in [3.63, 3.8) is 0 Å². The summed E-state index contributed by atoms with van der Waals surface area (Å²) >= 11 is 0. The summed E-state index contributed by atoms with van der Waals surface area (Å²) in [4.78, 5) is 0. The molecule has 4 saturated carbocycles. The normalized spacial score (nSPS) is 58.5. The molecule has 0 atom stereocenters. The maximum Gasteiger partial charge on any atom is 0.115 e. The first kappa shape index (κ1) is 12.9. The summed E-state index contributed by atoms with van der Waals surface area (Å²) in [7, 11) is 0.